The van der Waals surface area contributed by atoms with Crippen LogP contribution < -0.4 is 14.4 Å². The fraction of sp³-hybridized carbons (Fsp3) is 0.103. The zero-order valence-corrected chi connectivity index (χ0v) is 20.3. The molecule has 0 atom stereocenters. The van der Waals surface area contributed by atoms with Gasteiger partial charge < -0.3 is 14.4 Å². The third-order valence-electron chi connectivity index (χ3n) is 6.03. The minimum Gasteiger partial charge on any atom is -0.493 e. The Morgan fingerprint density at radius 2 is 1.63 bits per heavy atom. The summed E-state index contributed by atoms with van der Waals surface area (Å²) in [6.45, 7) is 0.416. The van der Waals surface area contributed by atoms with Gasteiger partial charge in [-0.1, -0.05) is 66.7 Å². The maximum atomic E-state index is 13.2. The van der Waals surface area contributed by atoms with Crippen molar-refractivity contribution in [3.63, 3.8) is 0 Å². The molecule has 1 saturated heterocycles. The molecule has 0 spiro atoms. The van der Waals surface area contributed by atoms with Crippen LogP contribution in [0.4, 0.5) is 5.69 Å². The summed E-state index contributed by atoms with van der Waals surface area (Å²) in [6, 6.07) is 29.5. The van der Waals surface area contributed by atoms with Gasteiger partial charge in [0, 0.05) is 7.05 Å². The number of anilines is 1. The highest BCUT2D eigenvalue weighted by Crippen LogP contribution is 2.32. The van der Waals surface area contributed by atoms with Crippen molar-refractivity contribution in [2.75, 3.05) is 19.1 Å². The lowest BCUT2D eigenvalue weighted by Gasteiger charge is -2.16. The Bertz CT molecular complexity index is 1440. The fourth-order valence-electron chi connectivity index (χ4n) is 4.19. The van der Waals surface area contributed by atoms with Crippen LogP contribution in [0.5, 0.6) is 11.5 Å². The summed E-state index contributed by atoms with van der Waals surface area (Å²) in [5.41, 5.74) is 3.15. The van der Waals surface area contributed by atoms with Crippen molar-refractivity contribution in [1.29, 1.82) is 0 Å². The molecule has 5 rings (SSSR count). The Labute approximate surface area is 209 Å². The summed E-state index contributed by atoms with van der Waals surface area (Å²) in [6.07, 6.45) is 1.81. The van der Waals surface area contributed by atoms with Gasteiger partial charge >= 0.3 is 0 Å². The highest BCUT2D eigenvalue weighted by atomic mass is 32.1. The number of likely N-dealkylation sites (N-methyl/N-ethyl adjacent to an activating group) is 1. The molecule has 4 aromatic rings. The first kappa shape index (κ1) is 22.6. The van der Waals surface area contributed by atoms with E-state index in [0.717, 1.165) is 22.2 Å². The number of carbonyl (C=O) groups excluding carboxylic acids is 1. The van der Waals surface area contributed by atoms with Crippen LogP contribution in [0.2, 0.25) is 0 Å². The Morgan fingerprint density at radius 3 is 2.43 bits per heavy atom. The van der Waals surface area contributed by atoms with E-state index in [2.05, 4.69) is 24.3 Å². The highest BCUT2D eigenvalue weighted by molar-refractivity contribution is 7.80. The number of ether oxygens (including phenoxy) is 2. The molecule has 0 bridgehead atoms. The van der Waals surface area contributed by atoms with Gasteiger partial charge in [0.15, 0.2) is 16.6 Å². The van der Waals surface area contributed by atoms with Crippen molar-refractivity contribution in [1.82, 2.24) is 4.90 Å². The van der Waals surface area contributed by atoms with Crippen LogP contribution in [-0.4, -0.2) is 30.1 Å². The van der Waals surface area contributed by atoms with E-state index in [-0.39, 0.29) is 5.91 Å². The minimum absolute atomic E-state index is 0.168. The number of hydrogen-bond acceptors (Lipinski definition) is 4. The monoisotopic (exact) mass is 480 g/mol. The van der Waals surface area contributed by atoms with Gasteiger partial charge in [0.05, 0.1) is 12.8 Å². The number of rotatable bonds is 6. The molecule has 5 nitrogen and oxygen atoms in total. The normalized spacial score (nSPS) is 14.7. The molecule has 1 heterocycles. The van der Waals surface area contributed by atoms with Crippen LogP contribution in [-0.2, 0) is 11.4 Å². The molecule has 1 fully saturated rings. The molecule has 1 aliphatic heterocycles. The first-order valence-electron chi connectivity index (χ1n) is 11.2. The fourth-order valence-corrected chi connectivity index (χ4v) is 4.47. The van der Waals surface area contributed by atoms with Gasteiger partial charge in [-0.3, -0.25) is 9.69 Å². The summed E-state index contributed by atoms with van der Waals surface area (Å²) in [5, 5.41) is 2.78. The van der Waals surface area contributed by atoms with Crippen LogP contribution in [0.1, 0.15) is 11.1 Å². The molecule has 1 amide bonds. The van der Waals surface area contributed by atoms with Crippen LogP contribution in [0.3, 0.4) is 0 Å². The molecular formula is C29H24N2O3S. The van der Waals surface area contributed by atoms with E-state index in [9.17, 15) is 4.79 Å². The molecule has 174 valence electrons. The number of nitrogens with zero attached hydrogens (tertiary/aromatic N) is 2. The molecule has 0 aromatic heterocycles. The smallest absolute Gasteiger partial charge is 0.281 e. The molecule has 35 heavy (non-hydrogen) atoms. The van der Waals surface area contributed by atoms with Crippen molar-refractivity contribution >= 4 is 45.8 Å². The number of para-hydroxylation sites is 1. The zero-order valence-electron chi connectivity index (χ0n) is 19.5. The van der Waals surface area contributed by atoms with Gasteiger partial charge in [0.1, 0.15) is 12.3 Å². The zero-order chi connectivity index (χ0) is 24.4. The maximum absolute atomic E-state index is 13.2. The number of amides is 1. The first-order valence-corrected chi connectivity index (χ1v) is 11.6. The molecule has 6 heteroatoms. The van der Waals surface area contributed by atoms with E-state index in [1.54, 1.807) is 24.0 Å². The second-order valence-corrected chi connectivity index (χ2v) is 8.55. The third kappa shape index (κ3) is 4.36. The van der Waals surface area contributed by atoms with Crippen molar-refractivity contribution in [2.45, 2.75) is 6.61 Å². The highest BCUT2D eigenvalue weighted by Gasteiger charge is 2.36. The number of benzene rings is 4. The van der Waals surface area contributed by atoms with Crippen molar-refractivity contribution < 1.29 is 14.3 Å². The lowest BCUT2D eigenvalue weighted by molar-refractivity contribution is -0.114. The van der Waals surface area contributed by atoms with Crippen LogP contribution in [0, 0.1) is 0 Å². The average Bonchev–Trinajstić information content (AvgIpc) is 3.11. The summed E-state index contributed by atoms with van der Waals surface area (Å²) in [5.74, 6) is 1.06. The van der Waals surface area contributed by atoms with E-state index in [4.69, 9.17) is 21.7 Å². The summed E-state index contributed by atoms with van der Waals surface area (Å²) >= 11 is 5.54. The van der Waals surface area contributed by atoms with E-state index in [0.29, 0.717) is 28.9 Å². The van der Waals surface area contributed by atoms with Gasteiger partial charge in [-0.05, 0) is 64.5 Å². The average molecular weight is 481 g/mol. The lowest BCUT2D eigenvalue weighted by Crippen LogP contribution is -2.30. The standard InChI is InChI=1S/C29H24N2O3S/c1-30-25(28(32)31(29(30)35)23-12-4-3-5-13-23)17-20-15-16-26(27(18-20)33-2)34-19-22-11-8-10-21-9-6-7-14-24(21)22/h3-18H,19H2,1-2H3/b25-17-. The molecular weight excluding hydrogens is 456 g/mol. The van der Waals surface area contributed by atoms with Crippen LogP contribution >= 0.6 is 12.2 Å². The van der Waals surface area contributed by atoms with Crippen molar-refractivity contribution in [2.24, 2.45) is 0 Å². The minimum atomic E-state index is -0.168. The van der Waals surface area contributed by atoms with Crippen LogP contribution in [0.15, 0.2) is 96.7 Å². The first-order chi connectivity index (χ1) is 17.1. The van der Waals surface area contributed by atoms with Gasteiger partial charge in [-0.25, -0.2) is 0 Å². The van der Waals surface area contributed by atoms with Crippen molar-refractivity contribution in [3.05, 3.63) is 108 Å². The van der Waals surface area contributed by atoms with E-state index < -0.39 is 0 Å². The van der Waals surface area contributed by atoms with Crippen LogP contribution in [0.25, 0.3) is 16.8 Å². The quantitative estimate of drug-likeness (QED) is 0.249. The molecule has 0 aliphatic carbocycles. The van der Waals surface area contributed by atoms with Gasteiger partial charge in [-0.15, -0.1) is 0 Å². The predicted molar refractivity (Wildman–Crippen MR) is 144 cm³/mol. The predicted octanol–water partition coefficient (Wildman–Crippen LogP) is 6.03. The van der Waals surface area contributed by atoms with E-state index in [1.807, 2.05) is 72.8 Å². The molecule has 0 N–H and O–H groups in total. The summed E-state index contributed by atoms with van der Waals surface area (Å²) in [7, 11) is 3.41. The van der Waals surface area contributed by atoms with Gasteiger partial charge in [0.25, 0.3) is 5.91 Å². The Balaban J connectivity index is 1.39. The van der Waals surface area contributed by atoms with Gasteiger partial charge in [0.2, 0.25) is 0 Å². The number of methoxy groups -OCH3 is 1. The second kappa shape index (κ2) is 9.60. The largest absolute Gasteiger partial charge is 0.493 e. The Hall–Kier alpha value is -4.16. The number of thiocarbonyl (C=S) groups is 1. The number of hydrogen-bond donors (Lipinski definition) is 0. The molecule has 1 aliphatic rings. The van der Waals surface area contributed by atoms with Gasteiger partial charge in [-0.2, -0.15) is 0 Å². The second-order valence-electron chi connectivity index (χ2n) is 8.18. The maximum Gasteiger partial charge on any atom is 0.281 e. The summed E-state index contributed by atoms with van der Waals surface area (Å²) in [4.78, 5) is 16.5. The Morgan fingerprint density at radius 1 is 0.886 bits per heavy atom. The molecule has 0 radical (unpaired) electrons. The Kier molecular flexibility index (Phi) is 6.21. The number of carbonyl (C=O) groups is 1. The number of fused-ring (bicyclic) bond motifs is 1. The van der Waals surface area contributed by atoms with E-state index >= 15 is 0 Å². The van der Waals surface area contributed by atoms with Crippen molar-refractivity contribution in [3.8, 4) is 11.5 Å². The SMILES string of the molecule is COc1cc(/C=C2/C(=O)N(c3ccccc3)C(=S)N2C)ccc1OCc1cccc2ccccc12. The van der Waals surface area contributed by atoms with E-state index in [1.165, 1.54) is 5.39 Å². The lowest BCUT2D eigenvalue weighted by atomic mass is 10.1. The summed E-state index contributed by atoms with van der Waals surface area (Å²) < 4.78 is 11.7. The molecule has 4 aromatic carbocycles. The topological polar surface area (TPSA) is 42.0 Å². The third-order valence-corrected chi connectivity index (χ3v) is 6.49. The molecule has 0 saturated carbocycles. The molecule has 0 unspecified atom stereocenters.